The second kappa shape index (κ2) is 7.84. The number of aliphatic hydroxyl groups is 1. The molecule has 0 aromatic carbocycles. The van der Waals surface area contributed by atoms with Gasteiger partial charge in [-0.25, -0.2) is 0 Å². The fraction of sp³-hybridized carbons (Fsp3) is 0.800. The SMILES string of the molecule is C=CCCCCCOS(=O)(=O)CC(C)O. The van der Waals surface area contributed by atoms with Gasteiger partial charge >= 0.3 is 0 Å². The molecule has 0 saturated carbocycles. The highest BCUT2D eigenvalue weighted by molar-refractivity contribution is 7.86. The molecule has 0 saturated heterocycles. The van der Waals surface area contributed by atoms with Gasteiger partial charge in [-0.15, -0.1) is 6.58 Å². The van der Waals surface area contributed by atoms with Gasteiger partial charge in [-0.05, 0) is 26.2 Å². The minimum atomic E-state index is -3.54. The van der Waals surface area contributed by atoms with Gasteiger partial charge in [0.05, 0.1) is 12.7 Å². The predicted molar refractivity (Wildman–Crippen MR) is 60.1 cm³/mol. The molecule has 15 heavy (non-hydrogen) atoms. The van der Waals surface area contributed by atoms with E-state index < -0.39 is 16.2 Å². The zero-order valence-electron chi connectivity index (χ0n) is 9.18. The Morgan fingerprint density at radius 1 is 1.40 bits per heavy atom. The van der Waals surface area contributed by atoms with E-state index in [2.05, 4.69) is 6.58 Å². The predicted octanol–water partition coefficient (Wildman–Crippen LogP) is 1.46. The fourth-order valence-electron chi connectivity index (χ4n) is 1.10. The molecular formula is C10H20O4S. The Kier molecular flexibility index (Phi) is 7.64. The van der Waals surface area contributed by atoms with Crippen LogP contribution in [0.2, 0.25) is 0 Å². The van der Waals surface area contributed by atoms with E-state index >= 15 is 0 Å². The van der Waals surface area contributed by atoms with Crippen molar-refractivity contribution in [3.05, 3.63) is 12.7 Å². The summed E-state index contributed by atoms with van der Waals surface area (Å²) >= 11 is 0. The molecule has 4 nitrogen and oxygen atoms in total. The van der Waals surface area contributed by atoms with E-state index in [9.17, 15) is 8.42 Å². The summed E-state index contributed by atoms with van der Waals surface area (Å²) in [7, 11) is -3.54. The van der Waals surface area contributed by atoms with E-state index in [1.165, 1.54) is 6.92 Å². The zero-order valence-corrected chi connectivity index (χ0v) is 10.0. The third-order valence-electron chi connectivity index (χ3n) is 1.76. The average molecular weight is 236 g/mol. The van der Waals surface area contributed by atoms with E-state index in [-0.39, 0.29) is 12.4 Å². The van der Waals surface area contributed by atoms with Crippen molar-refractivity contribution in [1.82, 2.24) is 0 Å². The number of rotatable bonds is 9. The van der Waals surface area contributed by atoms with Crippen molar-refractivity contribution < 1.29 is 17.7 Å². The lowest BCUT2D eigenvalue weighted by Crippen LogP contribution is -2.20. The molecule has 0 rings (SSSR count). The lowest BCUT2D eigenvalue weighted by atomic mass is 10.2. The van der Waals surface area contributed by atoms with Crippen LogP contribution in [-0.4, -0.2) is 32.0 Å². The van der Waals surface area contributed by atoms with Gasteiger partial charge in [-0.1, -0.05) is 12.5 Å². The summed E-state index contributed by atoms with van der Waals surface area (Å²) in [6.07, 6.45) is 4.55. The van der Waals surface area contributed by atoms with Gasteiger partial charge in [-0.2, -0.15) is 8.42 Å². The van der Waals surface area contributed by atoms with Crippen LogP contribution in [0.4, 0.5) is 0 Å². The van der Waals surface area contributed by atoms with Crippen LogP contribution in [0.5, 0.6) is 0 Å². The summed E-state index contributed by atoms with van der Waals surface area (Å²) in [4.78, 5) is 0. The number of aliphatic hydroxyl groups excluding tert-OH is 1. The summed E-state index contributed by atoms with van der Waals surface area (Å²) in [5.74, 6) is -0.334. The molecule has 1 N–H and O–H groups in total. The van der Waals surface area contributed by atoms with E-state index in [1.807, 2.05) is 6.08 Å². The first-order valence-electron chi connectivity index (χ1n) is 5.14. The maximum absolute atomic E-state index is 11.1. The van der Waals surface area contributed by atoms with E-state index in [0.717, 1.165) is 19.3 Å². The third-order valence-corrected chi connectivity index (χ3v) is 3.18. The second-order valence-electron chi connectivity index (χ2n) is 3.53. The smallest absolute Gasteiger partial charge is 0.269 e. The molecule has 0 heterocycles. The van der Waals surface area contributed by atoms with Crippen molar-refractivity contribution in [1.29, 1.82) is 0 Å². The Balaban J connectivity index is 3.53. The average Bonchev–Trinajstić information content (AvgIpc) is 2.08. The minimum Gasteiger partial charge on any atom is -0.392 e. The molecule has 0 radical (unpaired) electrons. The van der Waals surface area contributed by atoms with Gasteiger partial charge in [0.2, 0.25) is 0 Å². The van der Waals surface area contributed by atoms with Crippen LogP contribution in [0.1, 0.15) is 32.6 Å². The van der Waals surface area contributed by atoms with E-state index in [4.69, 9.17) is 9.29 Å². The summed E-state index contributed by atoms with van der Waals surface area (Å²) in [6.45, 7) is 5.22. The Hall–Kier alpha value is -0.390. The molecule has 90 valence electrons. The first-order valence-corrected chi connectivity index (χ1v) is 6.71. The largest absolute Gasteiger partial charge is 0.392 e. The molecule has 0 aliphatic heterocycles. The van der Waals surface area contributed by atoms with E-state index in [0.29, 0.717) is 6.42 Å². The molecule has 0 spiro atoms. The van der Waals surface area contributed by atoms with Gasteiger partial charge in [0, 0.05) is 0 Å². The monoisotopic (exact) mass is 236 g/mol. The number of hydrogen-bond donors (Lipinski definition) is 1. The first-order chi connectivity index (χ1) is 6.98. The van der Waals surface area contributed by atoms with Crippen LogP contribution in [-0.2, 0) is 14.3 Å². The molecule has 0 aliphatic carbocycles. The van der Waals surface area contributed by atoms with Crippen molar-refractivity contribution in [3.63, 3.8) is 0 Å². The van der Waals surface area contributed by atoms with Crippen molar-refractivity contribution in [2.75, 3.05) is 12.4 Å². The van der Waals surface area contributed by atoms with Crippen LogP contribution in [0, 0.1) is 0 Å². The molecule has 1 atom stereocenters. The maximum Gasteiger partial charge on any atom is 0.269 e. The van der Waals surface area contributed by atoms with Crippen molar-refractivity contribution >= 4 is 10.1 Å². The topological polar surface area (TPSA) is 63.6 Å². The Morgan fingerprint density at radius 3 is 2.60 bits per heavy atom. The van der Waals surface area contributed by atoms with Crippen LogP contribution < -0.4 is 0 Å². The highest BCUT2D eigenvalue weighted by atomic mass is 32.2. The summed E-state index contributed by atoms with van der Waals surface area (Å²) < 4.78 is 27.0. The first kappa shape index (κ1) is 14.6. The van der Waals surface area contributed by atoms with E-state index in [1.54, 1.807) is 0 Å². The highest BCUT2D eigenvalue weighted by Gasteiger charge is 2.13. The summed E-state index contributed by atoms with van der Waals surface area (Å²) in [6, 6.07) is 0. The molecule has 0 bridgehead atoms. The fourth-order valence-corrected chi connectivity index (χ4v) is 2.16. The third kappa shape index (κ3) is 9.90. The summed E-state index contributed by atoms with van der Waals surface area (Å²) in [5, 5.41) is 8.89. The summed E-state index contributed by atoms with van der Waals surface area (Å²) in [5.41, 5.74) is 0. The highest BCUT2D eigenvalue weighted by Crippen LogP contribution is 2.03. The van der Waals surface area contributed by atoms with Crippen LogP contribution >= 0.6 is 0 Å². The molecule has 0 aromatic rings. The van der Waals surface area contributed by atoms with Crippen molar-refractivity contribution in [3.8, 4) is 0 Å². The Bertz CT molecular complexity index is 257. The lowest BCUT2D eigenvalue weighted by molar-refractivity contribution is 0.210. The number of unbranched alkanes of at least 4 members (excludes halogenated alkanes) is 3. The second-order valence-corrected chi connectivity index (χ2v) is 5.22. The lowest BCUT2D eigenvalue weighted by Gasteiger charge is -2.06. The zero-order chi connectivity index (χ0) is 11.7. The minimum absolute atomic E-state index is 0.201. The molecular weight excluding hydrogens is 216 g/mol. The standard InChI is InChI=1S/C10H20O4S/c1-3-4-5-6-7-8-14-15(12,13)9-10(2)11/h3,10-11H,1,4-9H2,2H3. The quantitative estimate of drug-likeness (QED) is 0.374. The van der Waals surface area contributed by atoms with Gasteiger partial charge in [-0.3, -0.25) is 4.18 Å². The number of allylic oxidation sites excluding steroid dienone is 1. The molecule has 0 amide bonds. The van der Waals surface area contributed by atoms with Crippen LogP contribution in [0.25, 0.3) is 0 Å². The van der Waals surface area contributed by atoms with Crippen molar-refractivity contribution in [2.24, 2.45) is 0 Å². The van der Waals surface area contributed by atoms with Crippen LogP contribution in [0.15, 0.2) is 12.7 Å². The van der Waals surface area contributed by atoms with Crippen LogP contribution in [0.3, 0.4) is 0 Å². The van der Waals surface area contributed by atoms with Gasteiger partial charge in [0.15, 0.2) is 0 Å². The van der Waals surface area contributed by atoms with Gasteiger partial charge < -0.3 is 5.11 Å². The molecule has 0 aliphatic rings. The maximum atomic E-state index is 11.1. The van der Waals surface area contributed by atoms with Crippen molar-refractivity contribution in [2.45, 2.75) is 38.7 Å². The molecule has 1 unspecified atom stereocenters. The molecule has 0 fully saturated rings. The molecule has 5 heteroatoms. The Labute approximate surface area is 92.1 Å². The van der Waals surface area contributed by atoms with Gasteiger partial charge in [0.1, 0.15) is 5.75 Å². The normalized spacial score (nSPS) is 13.7. The van der Waals surface area contributed by atoms with Gasteiger partial charge in [0.25, 0.3) is 10.1 Å². The molecule has 0 aromatic heterocycles. The Morgan fingerprint density at radius 2 is 2.07 bits per heavy atom. The number of hydrogen-bond acceptors (Lipinski definition) is 4.